The summed E-state index contributed by atoms with van der Waals surface area (Å²) in [5, 5.41) is 0. The molecule has 0 radical (unpaired) electrons. The minimum atomic E-state index is 0.116. The molecule has 0 aromatic heterocycles. The molecule has 1 aromatic rings. The summed E-state index contributed by atoms with van der Waals surface area (Å²) in [5.74, 6) is 1.36. The lowest BCUT2D eigenvalue weighted by atomic mass is 10.0. The molecule has 0 saturated carbocycles. The summed E-state index contributed by atoms with van der Waals surface area (Å²) >= 11 is 0. The summed E-state index contributed by atoms with van der Waals surface area (Å²) in [7, 11) is 1.65. The topological polar surface area (TPSA) is 49.9 Å². The highest BCUT2D eigenvalue weighted by Gasteiger charge is 2.25. The largest absolute Gasteiger partial charge is 0.497 e. The highest BCUT2D eigenvalue weighted by atomic mass is 16.5. The molecule has 0 unspecified atom stereocenters. The van der Waals surface area contributed by atoms with E-state index in [-0.39, 0.29) is 17.7 Å². The lowest BCUT2D eigenvalue weighted by molar-refractivity contribution is -0.136. The Labute approximate surface area is 157 Å². The van der Waals surface area contributed by atoms with Crippen LogP contribution in [0, 0.1) is 5.92 Å². The number of aryl methyl sites for hydroxylation is 1. The van der Waals surface area contributed by atoms with Crippen molar-refractivity contribution in [3.8, 4) is 5.75 Å². The van der Waals surface area contributed by atoms with Crippen LogP contribution in [0.3, 0.4) is 0 Å². The number of carbonyl (C=O) groups is 2. The van der Waals surface area contributed by atoms with Gasteiger partial charge >= 0.3 is 0 Å². The highest BCUT2D eigenvalue weighted by molar-refractivity contribution is 5.79. The SMILES string of the molecule is CCC(CC)C(=O)N1CCCN(C(=O)CCc2cccc(OC)c2)CC1. The second-order valence-corrected chi connectivity index (χ2v) is 6.92. The average molecular weight is 360 g/mol. The van der Waals surface area contributed by atoms with Gasteiger partial charge in [-0.2, -0.15) is 0 Å². The molecule has 2 amide bonds. The number of methoxy groups -OCH3 is 1. The molecule has 0 spiro atoms. The maximum absolute atomic E-state index is 12.6. The van der Waals surface area contributed by atoms with E-state index in [9.17, 15) is 9.59 Å². The van der Waals surface area contributed by atoms with Crippen LogP contribution in [-0.4, -0.2) is 54.9 Å². The number of hydrogen-bond acceptors (Lipinski definition) is 3. The Balaban J connectivity index is 1.85. The number of hydrogen-bond donors (Lipinski definition) is 0. The summed E-state index contributed by atoms with van der Waals surface area (Å²) in [6.45, 7) is 6.93. The molecule has 5 heteroatoms. The first-order chi connectivity index (χ1) is 12.6. The minimum Gasteiger partial charge on any atom is -0.497 e. The highest BCUT2D eigenvalue weighted by Crippen LogP contribution is 2.16. The number of rotatable bonds is 7. The molecule has 0 bridgehead atoms. The average Bonchev–Trinajstić information content (AvgIpc) is 2.93. The van der Waals surface area contributed by atoms with Crippen LogP contribution in [-0.2, 0) is 16.0 Å². The molecule has 1 saturated heterocycles. The Morgan fingerprint density at radius 3 is 2.46 bits per heavy atom. The van der Waals surface area contributed by atoms with Crippen LogP contribution in [0.2, 0.25) is 0 Å². The van der Waals surface area contributed by atoms with Gasteiger partial charge in [0, 0.05) is 38.5 Å². The number of amides is 2. The van der Waals surface area contributed by atoms with Crippen LogP contribution >= 0.6 is 0 Å². The van der Waals surface area contributed by atoms with Gasteiger partial charge in [-0.1, -0.05) is 26.0 Å². The van der Waals surface area contributed by atoms with Crippen molar-refractivity contribution in [1.29, 1.82) is 0 Å². The Kier molecular flexibility index (Phi) is 7.95. The summed E-state index contributed by atoms with van der Waals surface area (Å²) in [4.78, 5) is 29.0. The van der Waals surface area contributed by atoms with Crippen molar-refractivity contribution in [2.75, 3.05) is 33.3 Å². The van der Waals surface area contributed by atoms with Gasteiger partial charge in [-0.3, -0.25) is 9.59 Å². The van der Waals surface area contributed by atoms with Crippen molar-refractivity contribution in [2.24, 2.45) is 5.92 Å². The summed E-state index contributed by atoms with van der Waals surface area (Å²) < 4.78 is 5.23. The van der Waals surface area contributed by atoms with Gasteiger partial charge in [0.25, 0.3) is 0 Å². The van der Waals surface area contributed by atoms with Crippen molar-refractivity contribution in [3.05, 3.63) is 29.8 Å². The number of benzene rings is 1. The summed E-state index contributed by atoms with van der Waals surface area (Å²) in [6.07, 6.45) is 3.83. The van der Waals surface area contributed by atoms with E-state index >= 15 is 0 Å². The Morgan fingerprint density at radius 2 is 1.77 bits per heavy atom. The maximum Gasteiger partial charge on any atom is 0.225 e. The van der Waals surface area contributed by atoms with Crippen LogP contribution in [0.4, 0.5) is 0 Å². The zero-order valence-electron chi connectivity index (χ0n) is 16.4. The first-order valence-corrected chi connectivity index (χ1v) is 9.78. The van der Waals surface area contributed by atoms with E-state index in [0.29, 0.717) is 25.9 Å². The number of ether oxygens (including phenoxy) is 1. The van der Waals surface area contributed by atoms with Crippen molar-refractivity contribution >= 4 is 11.8 Å². The molecular formula is C21H32N2O3. The monoisotopic (exact) mass is 360 g/mol. The second kappa shape index (κ2) is 10.2. The molecule has 0 N–H and O–H groups in total. The quantitative estimate of drug-likeness (QED) is 0.751. The third-order valence-corrected chi connectivity index (χ3v) is 5.26. The lowest BCUT2D eigenvalue weighted by Crippen LogP contribution is -2.39. The van der Waals surface area contributed by atoms with E-state index in [4.69, 9.17) is 4.74 Å². The molecule has 1 aromatic carbocycles. The molecule has 0 aliphatic carbocycles. The predicted molar refractivity (Wildman–Crippen MR) is 103 cm³/mol. The molecule has 1 aliphatic rings. The van der Waals surface area contributed by atoms with Crippen LogP contribution in [0.25, 0.3) is 0 Å². The van der Waals surface area contributed by atoms with Gasteiger partial charge in [0.15, 0.2) is 0 Å². The van der Waals surface area contributed by atoms with E-state index in [1.807, 2.05) is 34.1 Å². The van der Waals surface area contributed by atoms with Crippen molar-refractivity contribution < 1.29 is 14.3 Å². The third-order valence-electron chi connectivity index (χ3n) is 5.26. The fourth-order valence-electron chi connectivity index (χ4n) is 3.52. The fraction of sp³-hybridized carbons (Fsp3) is 0.619. The molecule has 5 nitrogen and oxygen atoms in total. The first-order valence-electron chi connectivity index (χ1n) is 9.78. The number of carbonyl (C=O) groups excluding carboxylic acids is 2. The standard InChI is InChI=1S/C21H32N2O3/c1-4-18(5-2)21(25)23-13-7-12-22(14-15-23)20(24)11-10-17-8-6-9-19(16-17)26-3/h6,8-9,16,18H,4-5,7,10-15H2,1-3H3. The first kappa shape index (κ1) is 20.3. The molecule has 2 rings (SSSR count). The summed E-state index contributed by atoms with van der Waals surface area (Å²) in [6, 6.07) is 7.86. The Morgan fingerprint density at radius 1 is 1.08 bits per heavy atom. The van der Waals surface area contributed by atoms with Crippen molar-refractivity contribution in [1.82, 2.24) is 9.80 Å². The van der Waals surface area contributed by atoms with Gasteiger partial charge in [-0.15, -0.1) is 0 Å². The third kappa shape index (κ3) is 5.48. The normalized spacial score (nSPS) is 15.1. The van der Waals surface area contributed by atoms with Crippen LogP contribution in [0.15, 0.2) is 24.3 Å². The molecular weight excluding hydrogens is 328 g/mol. The molecule has 1 fully saturated rings. The van der Waals surface area contributed by atoms with Gasteiger partial charge in [0.2, 0.25) is 11.8 Å². The second-order valence-electron chi connectivity index (χ2n) is 6.92. The lowest BCUT2D eigenvalue weighted by Gasteiger charge is -2.25. The van der Waals surface area contributed by atoms with E-state index in [1.54, 1.807) is 7.11 Å². The van der Waals surface area contributed by atoms with Crippen molar-refractivity contribution in [3.63, 3.8) is 0 Å². The van der Waals surface area contributed by atoms with Crippen LogP contribution in [0.1, 0.15) is 45.1 Å². The zero-order chi connectivity index (χ0) is 18.9. The Bertz CT molecular complexity index is 599. The van der Waals surface area contributed by atoms with E-state index < -0.39 is 0 Å². The number of nitrogens with zero attached hydrogens (tertiary/aromatic N) is 2. The summed E-state index contributed by atoms with van der Waals surface area (Å²) in [5.41, 5.74) is 1.11. The molecule has 1 aliphatic heterocycles. The zero-order valence-corrected chi connectivity index (χ0v) is 16.4. The van der Waals surface area contributed by atoms with Crippen LogP contribution < -0.4 is 4.74 Å². The van der Waals surface area contributed by atoms with Gasteiger partial charge < -0.3 is 14.5 Å². The smallest absolute Gasteiger partial charge is 0.225 e. The molecule has 1 heterocycles. The van der Waals surface area contributed by atoms with Gasteiger partial charge in [-0.25, -0.2) is 0 Å². The predicted octanol–water partition coefficient (Wildman–Crippen LogP) is 3.12. The van der Waals surface area contributed by atoms with E-state index in [0.717, 1.165) is 43.7 Å². The minimum absolute atomic E-state index is 0.116. The Hall–Kier alpha value is -2.04. The van der Waals surface area contributed by atoms with E-state index in [2.05, 4.69) is 13.8 Å². The molecule has 0 atom stereocenters. The van der Waals surface area contributed by atoms with Crippen LogP contribution in [0.5, 0.6) is 5.75 Å². The van der Waals surface area contributed by atoms with Gasteiger partial charge in [0.05, 0.1) is 7.11 Å². The van der Waals surface area contributed by atoms with E-state index in [1.165, 1.54) is 0 Å². The van der Waals surface area contributed by atoms with Gasteiger partial charge in [0.1, 0.15) is 5.75 Å². The molecule has 144 valence electrons. The van der Waals surface area contributed by atoms with Gasteiger partial charge in [-0.05, 0) is 43.4 Å². The van der Waals surface area contributed by atoms with Crippen molar-refractivity contribution in [2.45, 2.75) is 46.0 Å². The fourth-order valence-corrected chi connectivity index (χ4v) is 3.52. The molecule has 26 heavy (non-hydrogen) atoms. The maximum atomic E-state index is 12.6.